The van der Waals surface area contributed by atoms with E-state index in [1.54, 1.807) is 24.5 Å². The summed E-state index contributed by atoms with van der Waals surface area (Å²) in [6, 6.07) is 8.08. The van der Waals surface area contributed by atoms with Crippen LogP contribution in [0.15, 0.2) is 42.7 Å². The summed E-state index contributed by atoms with van der Waals surface area (Å²) >= 11 is 11.8. The Balaban J connectivity index is 1.74. The van der Waals surface area contributed by atoms with E-state index in [2.05, 4.69) is 20.3 Å². The van der Waals surface area contributed by atoms with Crippen molar-refractivity contribution in [3.8, 4) is 11.4 Å². The van der Waals surface area contributed by atoms with Gasteiger partial charge >= 0.3 is 0 Å². The van der Waals surface area contributed by atoms with Gasteiger partial charge in [0.25, 0.3) is 5.69 Å². The van der Waals surface area contributed by atoms with Crippen LogP contribution in [0.4, 0.5) is 11.4 Å². The Morgan fingerprint density at radius 1 is 1.15 bits per heavy atom. The van der Waals surface area contributed by atoms with Crippen LogP contribution in [0.1, 0.15) is 11.3 Å². The Labute approximate surface area is 159 Å². The van der Waals surface area contributed by atoms with E-state index in [9.17, 15) is 10.1 Å². The van der Waals surface area contributed by atoms with Gasteiger partial charge in [-0.15, -0.1) is 0 Å². The van der Waals surface area contributed by atoms with Crippen molar-refractivity contribution in [2.75, 3.05) is 5.32 Å². The van der Waals surface area contributed by atoms with Gasteiger partial charge in [-0.05, 0) is 31.2 Å². The monoisotopic (exact) mass is 389 g/mol. The number of nitro groups is 1. The lowest BCUT2D eigenvalue weighted by molar-refractivity contribution is -0.384. The number of rotatable bonds is 5. The standard InChI is InChI=1S/C17H13Cl2N5O2/c1-10-4-13(6-16(19)23-10)20-7-11-8-21-17(22-9-11)12-2-3-14(18)15(5-12)24(25)26/h2-6,8-9H,7H2,1H3,(H,20,23). The summed E-state index contributed by atoms with van der Waals surface area (Å²) < 4.78 is 0. The van der Waals surface area contributed by atoms with Crippen molar-refractivity contribution in [2.24, 2.45) is 0 Å². The molecule has 0 radical (unpaired) electrons. The molecule has 1 aromatic carbocycles. The molecule has 3 rings (SSSR count). The molecular weight excluding hydrogens is 377 g/mol. The molecule has 2 aromatic heterocycles. The maximum Gasteiger partial charge on any atom is 0.288 e. The fourth-order valence-corrected chi connectivity index (χ4v) is 2.76. The summed E-state index contributed by atoms with van der Waals surface area (Å²) in [5.74, 6) is 0.385. The van der Waals surface area contributed by atoms with E-state index in [1.807, 2.05) is 13.0 Å². The molecule has 9 heteroatoms. The second kappa shape index (κ2) is 7.63. The summed E-state index contributed by atoms with van der Waals surface area (Å²) in [4.78, 5) is 23.1. The van der Waals surface area contributed by atoms with Crippen molar-refractivity contribution in [2.45, 2.75) is 13.5 Å². The smallest absolute Gasteiger partial charge is 0.288 e. The SMILES string of the molecule is Cc1cc(NCc2cnc(-c3ccc(Cl)c([N+](=O)[O-])c3)nc2)cc(Cl)n1. The minimum Gasteiger partial charge on any atom is -0.381 e. The van der Waals surface area contributed by atoms with Gasteiger partial charge in [-0.1, -0.05) is 23.2 Å². The van der Waals surface area contributed by atoms with Gasteiger partial charge in [0, 0.05) is 47.5 Å². The Bertz CT molecular complexity index is 944. The molecule has 7 nitrogen and oxygen atoms in total. The first-order valence-corrected chi connectivity index (χ1v) is 8.31. The first kappa shape index (κ1) is 18.0. The van der Waals surface area contributed by atoms with Crippen molar-refractivity contribution in [1.82, 2.24) is 15.0 Å². The van der Waals surface area contributed by atoms with E-state index in [4.69, 9.17) is 23.2 Å². The second-order valence-electron chi connectivity index (χ2n) is 5.51. The molecule has 0 amide bonds. The predicted molar refractivity (Wildman–Crippen MR) is 100 cm³/mol. The largest absolute Gasteiger partial charge is 0.381 e. The van der Waals surface area contributed by atoms with E-state index in [1.165, 1.54) is 12.1 Å². The van der Waals surface area contributed by atoms with Gasteiger partial charge in [-0.3, -0.25) is 10.1 Å². The average molecular weight is 390 g/mol. The third-order valence-corrected chi connectivity index (χ3v) is 4.04. The first-order valence-electron chi connectivity index (χ1n) is 7.55. The number of aromatic nitrogens is 3. The highest BCUT2D eigenvalue weighted by Gasteiger charge is 2.14. The Morgan fingerprint density at radius 2 is 1.88 bits per heavy atom. The molecule has 2 heterocycles. The highest BCUT2D eigenvalue weighted by Crippen LogP contribution is 2.28. The van der Waals surface area contributed by atoms with Crippen LogP contribution in [0.2, 0.25) is 10.2 Å². The molecule has 0 fully saturated rings. The fourth-order valence-electron chi connectivity index (χ4n) is 2.32. The quantitative estimate of drug-likeness (QED) is 0.386. The van der Waals surface area contributed by atoms with E-state index in [-0.39, 0.29) is 10.7 Å². The van der Waals surface area contributed by atoms with Gasteiger partial charge in [-0.25, -0.2) is 15.0 Å². The number of halogens is 2. The Kier molecular flexibility index (Phi) is 5.29. The molecule has 3 aromatic rings. The molecule has 0 aliphatic rings. The molecule has 0 unspecified atom stereocenters. The minimum absolute atomic E-state index is 0.0749. The lowest BCUT2D eigenvalue weighted by Gasteiger charge is -2.08. The molecule has 0 aliphatic heterocycles. The van der Waals surface area contributed by atoms with Crippen molar-refractivity contribution in [3.05, 3.63) is 74.3 Å². The van der Waals surface area contributed by atoms with Gasteiger partial charge < -0.3 is 5.32 Å². The second-order valence-corrected chi connectivity index (χ2v) is 6.31. The number of hydrogen-bond acceptors (Lipinski definition) is 6. The lowest BCUT2D eigenvalue weighted by atomic mass is 10.2. The number of nitrogens with one attached hydrogen (secondary N) is 1. The molecule has 1 N–H and O–H groups in total. The lowest BCUT2D eigenvalue weighted by Crippen LogP contribution is -2.02. The maximum atomic E-state index is 11.0. The average Bonchev–Trinajstić information content (AvgIpc) is 2.60. The zero-order chi connectivity index (χ0) is 18.7. The van der Waals surface area contributed by atoms with E-state index < -0.39 is 4.92 Å². The molecule has 0 atom stereocenters. The minimum atomic E-state index is -0.536. The van der Waals surface area contributed by atoms with Gasteiger partial charge in [-0.2, -0.15) is 0 Å². The van der Waals surface area contributed by atoms with Crippen LogP contribution in [-0.4, -0.2) is 19.9 Å². The molecule has 0 aliphatic carbocycles. The molecule has 0 saturated heterocycles. The van der Waals surface area contributed by atoms with Gasteiger partial charge in [0.05, 0.1) is 4.92 Å². The predicted octanol–water partition coefficient (Wildman–Crippen LogP) is 4.67. The number of pyridine rings is 1. The molecular formula is C17H13Cl2N5O2. The normalized spacial score (nSPS) is 10.6. The van der Waals surface area contributed by atoms with Crippen LogP contribution in [0.25, 0.3) is 11.4 Å². The summed E-state index contributed by atoms with van der Waals surface area (Å²) in [5.41, 5.74) is 2.86. The number of nitrogens with zero attached hydrogens (tertiary/aromatic N) is 4. The van der Waals surface area contributed by atoms with E-state index in [0.717, 1.165) is 16.9 Å². The highest BCUT2D eigenvalue weighted by molar-refractivity contribution is 6.32. The topological polar surface area (TPSA) is 93.8 Å². The first-order chi connectivity index (χ1) is 12.4. The third-order valence-electron chi connectivity index (χ3n) is 3.53. The zero-order valence-corrected chi connectivity index (χ0v) is 15.1. The number of benzene rings is 1. The summed E-state index contributed by atoms with van der Waals surface area (Å²) in [7, 11) is 0. The zero-order valence-electron chi connectivity index (χ0n) is 13.6. The van der Waals surface area contributed by atoms with Crippen LogP contribution >= 0.6 is 23.2 Å². The van der Waals surface area contributed by atoms with Crippen molar-refractivity contribution in [3.63, 3.8) is 0 Å². The Hall–Kier alpha value is -2.77. The van der Waals surface area contributed by atoms with Crippen molar-refractivity contribution >= 4 is 34.6 Å². The molecule has 0 bridgehead atoms. The number of hydrogen-bond donors (Lipinski definition) is 1. The molecule has 26 heavy (non-hydrogen) atoms. The molecule has 132 valence electrons. The number of nitro benzene ring substituents is 1. The van der Waals surface area contributed by atoms with Crippen molar-refractivity contribution < 1.29 is 4.92 Å². The van der Waals surface area contributed by atoms with Gasteiger partial charge in [0.1, 0.15) is 10.2 Å². The van der Waals surface area contributed by atoms with E-state index in [0.29, 0.717) is 23.1 Å². The maximum absolute atomic E-state index is 11.0. The summed E-state index contributed by atoms with van der Waals surface area (Å²) in [6.07, 6.45) is 3.32. The van der Waals surface area contributed by atoms with Crippen LogP contribution < -0.4 is 5.32 Å². The van der Waals surface area contributed by atoms with Gasteiger partial charge in [0.15, 0.2) is 5.82 Å². The van der Waals surface area contributed by atoms with Crippen LogP contribution in [0.3, 0.4) is 0 Å². The number of anilines is 1. The van der Waals surface area contributed by atoms with Crippen molar-refractivity contribution in [1.29, 1.82) is 0 Å². The summed E-state index contributed by atoms with van der Waals surface area (Å²) in [5, 5.41) is 14.7. The van der Waals surface area contributed by atoms with E-state index >= 15 is 0 Å². The molecule has 0 spiro atoms. The van der Waals surface area contributed by atoms with Gasteiger partial charge in [0.2, 0.25) is 0 Å². The Morgan fingerprint density at radius 3 is 2.54 bits per heavy atom. The van der Waals surface area contributed by atoms with Crippen LogP contribution in [-0.2, 0) is 6.54 Å². The third kappa shape index (κ3) is 4.25. The number of aryl methyl sites for hydroxylation is 1. The fraction of sp³-hybridized carbons (Fsp3) is 0.118. The van der Waals surface area contributed by atoms with Crippen LogP contribution in [0.5, 0.6) is 0 Å². The molecule has 0 saturated carbocycles. The summed E-state index contributed by atoms with van der Waals surface area (Å²) in [6.45, 7) is 2.36. The van der Waals surface area contributed by atoms with Crippen LogP contribution in [0, 0.1) is 17.0 Å². The highest BCUT2D eigenvalue weighted by atomic mass is 35.5.